The van der Waals surface area contributed by atoms with Crippen LogP contribution in [0.15, 0.2) is 24.3 Å². The number of carbonyl (C=O) groups excluding carboxylic acids is 3. The lowest BCUT2D eigenvalue weighted by Gasteiger charge is -2.18. The summed E-state index contributed by atoms with van der Waals surface area (Å²) in [7, 11) is 0. The van der Waals surface area contributed by atoms with Crippen molar-refractivity contribution >= 4 is 17.9 Å². The molecule has 23 heavy (non-hydrogen) atoms. The molecule has 0 unspecified atom stereocenters. The number of carbonyl (C=O) groups is 3. The lowest BCUT2D eigenvalue weighted by molar-refractivity contribution is -0.157. The first-order valence-corrected chi connectivity index (χ1v) is 7.41. The second-order valence-corrected chi connectivity index (χ2v) is 5.38. The quantitative estimate of drug-likeness (QED) is 0.524. The minimum absolute atomic E-state index is 0.126. The molecule has 0 bridgehead atoms. The molecule has 0 aromatic carbocycles. The van der Waals surface area contributed by atoms with Gasteiger partial charge in [0.05, 0.1) is 6.42 Å². The number of ether oxygens (including phenoxy) is 3. The van der Waals surface area contributed by atoms with Crippen molar-refractivity contribution < 1.29 is 33.7 Å². The molecule has 0 saturated carbocycles. The van der Waals surface area contributed by atoms with E-state index < -0.39 is 42.3 Å². The molecule has 1 rings (SSSR count). The molecule has 4 atom stereocenters. The Morgan fingerprint density at radius 1 is 0.957 bits per heavy atom. The van der Waals surface area contributed by atoms with Crippen molar-refractivity contribution in [1.29, 1.82) is 0 Å². The molecule has 0 radical (unpaired) electrons. The first-order chi connectivity index (χ1) is 10.8. The van der Waals surface area contributed by atoms with Gasteiger partial charge in [0.25, 0.3) is 0 Å². The zero-order valence-electron chi connectivity index (χ0n) is 13.4. The van der Waals surface area contributed by atoms with Gasteiger partial charge in [0, 0.05) is 18.6 Å². The first-order valence-electron chi connectivity index (χ1n) is 7.41. The maximum atomic E-state index is 11.7. The summed E-state index contributed by atoms with van der Waals surface area (Å²) in [6.45, 7) is 4.74. The Labute approximate surface area is 134 Å². The SMILES string of the molecule is C[C@@H]1OC(=O)C[C@H](C)OC(=O)C=CC[C@H](C)OC(=O)C=C[C@H]1O. The van der Waals surface area contributed by atoms with Gasteiger partial charge >= 0.3 is 17.9 Å². The van der Waals surface area contributed by atoms with Gasteiger partial charge in [-0.1, -0.05) is 6.08 Å². The van der Waals surface area contributed by atoms with Gasteiger partial charge in [0.1, 0.15) is 24.4 Å². The van der Waals surface area contributed by atoms with Crippen LogP contribution in [0.2, 0.25) is 0 Å². The molecule has 1 aliphatic heterocycles. The van der Waals surface area contributed by atoms with E-state index in [1.165, 1.54) is 25.2 Å². The van der Waals surface area contributed by atoms with Crippen LogP contribution in [-0.4, -0.2) is 47.4 Å². The average Bonchev–Trinajstić information content (AvgIpc) is 2.43. The standard InChI is InChI=1S/C16H22O7/c1-10-5-4-6-14(18)22-11(2)9-16(20)23-12(3)13(17)7-8-15(19)21-10/h4,6-8,10-13,17H,5,9H2,1-3H3/t10-,11-,12-,13+/m0/s1. The van der Waals surface area contributed by atoms with Crippen LogP contribution in [0.4, 0.5) is 0 Å². The number of aliphatic hydroxyl groups excluding tert-OH is 1. The zero-order valence-corrected chi connectivity index (χ0v) is 13.4. The molecule has 7 heteroatoms. The van der Waals surface area contributed by atoms with E-state index in [4.69, 9.17) is 14.2 Å². The summed E-state index contributed by atoms with van der Waals surface area (Å²) < 4.78 is 15.1. The molecule has 1 heterocycles. The van der Waals surface area contributed by atoms with Gasteiger partial charge in [-0.2, -0.15) is 0 Å². The van der Waals surface area contributed by atoms with Gasteiger partial charge in [0.2, 0.25) is 0 Å². The smallest absolute Gasteiger partial charge is 0.330 e. The van der Waals surface area contributed by atoms with Crippen molar-refractivity contribution in [3.05, 3.63) is 24.3 Å². The molecule has 128 valence electrons. The van der Waals surface area contributed by atoms with Gasteiger partial charge < -0.3 is 19.3 Å². The van der Waals surface area contributed by atoms with Gasteiger partial charge in [-0.15, -0.1) is 0 Å². The van der Waals surface area contributed by atoms with E-state index in [1.54, 1.807) is 13.8 Å². The van der Waals surface area contributed by atoms with E-state index in [0.29, 0.717) is 6.42 Å². The lowest BCUT2D eigenvalue weighted by Crippen LogP contribution is -2.29. The first kappa shape index (κ1) is 18.9. The summed E-state index contributed by atoms with van der Waals surface area (Å²) in [5.74, 6) is -1.84. The van der Waals surface area contributed by atoms with Crippen LogP contribution < -0.4 is 0 Å². The van der Waals surface area contributed by atoms with Gasteiger partial charge in [-0.25, -0.2) is 9.59 Å². The molecule has 0 aromatic heterocycles. The Kier molecular flexibility index (Phi) is 7.47. The van der Waals surface area contributed by atoms with Crippen LogP contribution >= 0.6 is 0 Å². The van der Waals surface area contributed by atoms with Crippen LogP contribution in [-0.2, 0) is 28.6 Å². The number of rotatable bonds is 0. The van der Waals surface area contributed by atoms with Crippen molar-refractivity contribution in [1.82, 2.24) is 0 Å². The molecule has 0 aliphatic carbocycles. The minimum Gasteiger partial charge on any atom is -0.459 e. The minimum atomic E-state index is -1.15. The molecule has 0 fully saturated rings. The maximum Gasteiger partial charge on any atom is 0.330 e. The Balaban J connectivity index is 2.82. The summed E-state index contributed by atoms with van der Waals surface area (Å²) in [6.07, 6.45) is 2.17. The zero-order chi connectivity index (χ0) is 17.4. The topological polar surface area (TPSA) is 99.1 Å². The second kappa shape index (κ2) is 9.09. The van der Waals surface area contributed by atoms with E-state index in [0.717, 1.165) is 6.08 Å². The Morgan fingerprint density at radius 3 is 2.26 bits per heavy atom. The fraction of sp³-hybridized carbons (Fsp3) is 0.562. The maximum absolute atomic E-state index is 11.7. The molecule has 7 nitrogen and oxygen atoms in total. The Bertz CT molecular complexity index is 495. The van der Waals surface area contributed by atoms with E-state index in [1.807, 2.05) is 0 Å². The van der Waals surface area contributed by atoms with E-state index in [-0.39, 0.29) is 6.42 Å². The Morgan fingerprint density at radius 2 is 1.57 bits per heavy atom. The highest BCUT2D eigenvalue weighted by Crippen LogP contribution is 2.08. The third-order valence-electron chi connectivity index (χ3n) is 3.04. The highest BCUT2D eigenvalue weighted by molar-refractivity contribution is 5.83. The van der Waals surface area contributed by atoms with E-state index in [2.05, 4.69) is 0 Å². The van der Waals surface area contributed by atoms with E-state index >= 15 is 0 Å². The summed E-state index contributed by atoms with van der Waals surface area (Å²) in [4.78, 5) is 34.8. The fourth-order valence-corrected chi connectivity index (χ4v) is 1.81. The summed E-state index contributed by atoms with van der Waals surface area (Å²) in [6, 6.07) is 0. The highest BCUT2D eigenvalue weighted by atomic mass is 16.6. The third-order valence-corrected chi connectivity index (χ3v) is 3.04. The fourth-order valence-electron chi connectivity index (χ4n) is 1.81. The highest BCUT2D eigenvalue weighted by Gasteiger charge is 2.20. The summed E-state index contributed by atoms with van der Waals surface area (Å²) in [5, 5.41) is 9.83. The molecule has 0 spiro atoms. The van der Waals surface area contributed by atoms with Crippen molar-refractivity contribution in [2.24, 2.45) is 0 Å². The normalized spacial score (nSPS) is 31.2. The third kappa shape index (κ3) is 7.60. The molecule has 0 saturated heterocycles. The second-order valence-electron chi connectivity index (χ2n) is 5.38. The molecular formula is C16H22O7. The predicted octanol–water partition coefficient (Wildman–Crippen LogP) is 1.05. The Hall–Kier alpha value is -2.15. The van der Waals surface area contributed by atoms with E-state index in [9.17, 15) is 19.5 Å². The lowest BCUT2D eigenvalue weighted by atomic mass is 10.2. The molecule has 1 aliphatic rings. The largest absolute Gasteiger partial charge is 0.459 e. The number of hydrogen-bond donors (Lipinski definition) is 1. The summed E-state index contributed by atoms with van der Waals surface area (Å²) in [5.41, 5.74) is 0. The van der Waals surface area contributed by atoms with Crippen LogP contribution in [0.25, 0.3) is 0 Å². The molecule has 1 N–H and O–H groups in total. The predicted molar refractivity (Wildman–Crippen MR) is 80.2 cm³/mol. The number of esters is 3. The summed E-state index contributed by atoms with van der Waals surface area (Å²) >= 11 is 0. The molecular weight excluding hydrogens is 304 g/mol. The van der Waals surface area contributed by atoms with Crippen molar-refractivity contribution in [2.75, 3.05) is 0 Å². The van der Waals surface area contributed by atoms with Crippen LogP contribution in [0, 0.1) is 0 Å². The number of hydrogen-bond acceptors (Lipinski definition) is 7. The van der Waals surface area contributed by atoms with Gasteiger partial charge in [0.15, 0.2) is 0 Å². The van der Waals surface area contributed by atoms with Crippen molar-refractivity contribution in [3.8, 4) is 0 Å². The van der Waals surface area contributed by atoms with Crippen LogP contribution in [0.5, 0.6) is 0 Å². The van der Waals surface area contributed by atoms with Crippen molar-refractivity contribution in [2.45, 2.75) is 58.0 Å². The average molecular weight is 326 g/mol. The molecule has 0 amide bonds. The molecule has 0 aromatic rings. The van der Waals surface area contributed by atoms with Crippen molar-refractivity contribution in [3.63, 3.8) is 0 Å². The van der Waals surface area contributed by atoms with Crippen LogP contribution in [0.3, 0.4) is 0 Å². The van der Waals surface area contributed by atoms with Crippen LogP contribution in [0.1, 0.15) is 33.6 Å². The van der Waals surface area contributed by atoms with Gasteiger partial charge in [-0.05, 0) is 26.8 Å². The number of aliphatic hydroxyl groups is 1. The number of cyclic esters (lactones) is 3. The monoisotopic (exact) mass is 326 g/mol. The van der Waals surface area contributed by atoms with Gasteiger partial charge in [-0.3, -0.25) is 4.79 Å².